The fourth-order valence-electron chi connectivity index (χ4n) is 4.22. The van der Waals surface area contributed by atoms with Gasteiger partial charge in [0, 0.05) is 17.8 Å². The Labute approximate surface area is 191 Å². The third-order valence-corrected chi connectivity index (χ3v) is 5.74. The number of halogens is 3. The van der Waals surface area contributed by atoms with Crippen molar-refractivity contribution < 1.29 is 32.2 Å². The average molecular weight is 476 g/mol. The lowest BCUT2D eigenvalue weighted by atomic mass is 9.90. The number of hydrogen-bond donors (Lipinski definition) is 1. The first-order chi connectivity index (χ1) is 16.3. The van der Waals surface area contributed by atoms with Crippen LogP contribution in [0.5, 0.6) is 17.2 Å². The van der Waals surface area contributed by atoms with E-state index in [0.29, 0.717) is 35.3 Å². The van der Waals surface area contributed by atoms with Gasteiger partial charge in [0.15, 0.2) is 17.3 Å². The molecule has 0 unspecified atom stereocenters. The van der Waals surface area contributed by atoms with Gasteiger partial charge in [-0.15, -0.1) is 5.10 Å². The molecule has 5 rings (SSSR count). The van der Waals surface area contributed by atoms with E-state index in [0.717, 1.165) is 17.5 Å². The molecule has 2 aromatic carbocycles. The van der Waals surface area contributed by atoms with Crippen LogP contribution < -0.4 is 19.5 Å². The maximum atomic E-state index is 12.7. The van der Waals surface area contributed by atoms with E-state index in [-0.39, 0.29) is 12.5 Å². The molecule has 3 heterocycles. The van der Waals surface area contributed by atoms with E-state index in [1.54, 1.807) is 13.2 Å². The number of aromatic nitrogens is 4. The van der Waals surface area contributed by atoms with Gasteiger partial charge in [0.25, 0.3) is 0 Å². The third-order valence-electron chi connectivity index (χ3n) is 5.74. The minimum Gasteiger partial charge on any atom is -0.492 e. The van der Waals surface area contributed by atoms with Gasteiger partial charge in [0.1, 0.15) is 6.04 Å². The molecule has 1 atom stereocenters. The smallest absolute Gasteiger partial charge is 0.471 e. The van der Waals surface area contributed by atoms with Crippen molar-refractivity contribution in [2.24, 2.45) is 0 Å². The summed E-state index contributed by atoms with van der Waals surface area (Å²) in [4.78, 5) is 13.4. The molecule has 3 aromatic rings. The Balaban J connectivity index is 1.58. The van der Waals surface area contributed by atoms with Crippen molar-refractivity contribution >= 4 is 11.6 Å². The lowest BCUT2D eigenvalue weighted by molar-refractivity contribution is -0.167. The zero-order valence-corrected chi connectivity index (χ0v) is 18.1. The number of methoxy groups -OCH3 is 1. The Bertz CT molecular complexity index is 1260. The highest BCUT2D eigenvalue weighted by Gasteiger charge is 2.39. The molecule has 1 N–H and O–H groups in total. The molecular formula is C21H19F3N6O4. The highest BCUT2D eigenvalue weighted by molar-refractivity contribution is 5.95. The number of carbonyl (C=O) groups is 1. The number of tetrazole rings is 1. The molecule has 178 valence electrons. The standard InChI is InChI=1S/C21H19F3N6O4/c1-29-7-6-11-8-14-17(34-10-33-14)18(32-2)15(11)16(29)19-26-27-28-30(19)13-5-3-4-12(9-13)25-20(31)21(22,23)24/h3-5,8-9,16H,6-7,10H2,1-2H3,(H,25,31)/t16-/m1/s1. The fourth-order valence-corrected chi connectivity index (χ4v) is 4.22. The van der Waals surface area contributed by atoms with E-state index in [2.05, 4.69) is 15.5 Å². The molecule has 13 heteroatoms. The van der Waals surface area contributed by atoms with E-state index >= 15 is 0 Å². The van der Waals surface area contributed by atoms with Crippen molar-refractivity contribution in [1.29, 1.82) is 0 Å². The van der Waals surface area contributed by atoms with Gasteiger partial charge in [-0.3, -0.25) is 9.69 Å². The van der Waals surface area contributed by atoms with Gasteiger partial charge >= 0.3 is 12.1 Å². The molecule has 0 aliphatic carbocycles. The first-order valence-corrected chi connectivity index (χ1v) is 10.2. The van der Waals surface area contributed by atoms with E-state index in [9.17, 15) is 18.0 Å². The molecule has 2 aliphatic rings. The second-order valence-corrected chi connectivity index (χ2v) is 7.80. The Morgan fingerprint density at radius 3 is 2.85 bits per heavy atom. The molecule has 34 heavy (non-hydrogen) atoms. The quantitative estimate of drug-likeness (QED) is 0.613. The summed E-state index contributed by atoms with van der Waals surface area (Å²) >= 11 is 0. The maximum Gasteiger partial charge on any atom is 0.471 e. The molecule has 2 aliphatic heterocycles. The summed E-state index contributed by atoms with van der Waals surface area (Å²) in [7, 11) is 3.45. The van der Waals surface area contributed by atoms with Crippen LogP contribution in [0, 0.1) is 0 Å². The molecule has 0 fully saturated rings. The number of fused-ring (bicyclic) bond motifs is 2. The zero-order chi connectivity index (χ0) is 24.0. The van der Waals surface area contributed by atoms with Gasteiger partial charge in [-0.25, -0.2) is 0 Å². The summed E-state index contributed by atoms with van der Waals surface area (Å²) in [6, 6.07) is 7.32. The van der Waals surface area contributed by atoms with Crippen molar-refractivity contribution in [3.63, 3.8) is 0 Å². The lowest BCUT2D eigenvalue weighted by Crippen LogP contribution is -2.35. The molecule has 1 amide bonds. The highest BCUT2D eigenvalue weighted by atomic mass is 19.4. The SMILES string of the molecule is COc1c2c(cc3c1[C@H](c1nnnn1-c1cccc(NC(=O)C(F)(F)F)c1)N(C)CC3)OCO2. The number of anilines is 1. The van der Waals surface area contributed by atoms with Gasteiger partial charge in [0.2, 0.25) is 12.5 Å². The van der Waals surface area contributed by atoms with Crippen LogP contribution in [-0.2, 0) is 11.2 Å². The molecule has 1 aromatic heterocycles. The second kappa shape index (κ2) is 8.17. The number of ether oxygens (including phenoxy) is 3. The number of rotatable bonds is 4. The monoisotopic (exact) mass is 476 g/mol. The molecule has 0 saturated carbocycles. The third kappa shape index (κ3) is 3.67. The minimum absolute atomic E-state index is 0.0420. The Hall–Kier alpha value is -3.87. The summed E-state index contributed by atoms with van der Waals surface area (Å²) < 4.78 is 56.3. The predicted molar refractivity (Wildman–Crippen MR) is 111 cm³/mol. The molecule has 0 spiro atoms. The van der Waals surface area contributed by atoms with E-state index < -0.39 is 18.1 Å². The van der Waals surface area contributed by atoms with Crippen molar-refractivity contribution in [3.05, 3.63) is 47.3 Å². The van der Waals surface area contributed by atoms with Crippen molar-refractivity contribution in [2.45, 2.75) is 18.6 Å². The Morgan fingerprint density at radius 2 is 2.09 bits per heavy atom. The summed E-state index contributed by atoms with van der Waals surface area (Å²) in [6.07, 6.45) is -4.27. The van der Waals surface area contributed by atoms with Crippen LogP contribution in [0.25, 0.3) is 5.69 Å². The zero-order valence-electron chi connectivity index (χ0n) is 18.1. The van der Waals surface area contributed by atoms with Crippen molar-refractivity contribution in [1.82, 2.24) is 25.1 Å². The number of hydrogen-bond acceptors (Lipinski definition) is 8. The first-order valence-electron chi connectivity index (χ1n) is 10.2. The van der Waals surface area contributed by atoms with Gasteiger partial charge in [-0.05, 0) is 53.7 Å². The van der Waals surface area contributed by atoms with Crippen molar-refractivity contribution in [2.75, 3.05) is 32.8 Å². The number of amides is 1. The lowest BCUT2D eigenvalue weighted by Gasteiger charge is -2.34. The van der Waals surface area contributed by atoms with Crippen molar-refractivity contribution in [3.8, 4) is 22.9 Å². The molecule has 0 bridgehead atoms. The van der Waals surface area contributed by atoms with E-state index in [1.165, 1.54) is 22.9 Å². The largest absolute Gasteiger partial charge is 0.492 e. The number of alkyl halides is 3. The van der Waals surface area contributed by atoms with Crippen LogP contribution >= 0.6 is 0 Å². The van der Waals surface area contributed by atoms with E-state index in [4.69, 9.17) is 14.2 Å². The maximum absolute atomic E-state index is 12.7. The number of benzene rings is 2. The molecule has 0 radical (unpaired) electrons. The molecular weight excluding hydrogens is 457 g/mol. The topological polar surface area (TPSA) is 104 Å². The first kappa shape index (κ1) is 21.9. The number of likely N-dealkylation sites (N-methyl/N-ethyl adjacent to an activating group) is 1. The van der Waals surface area contributed by atoms with Gasteiger partial charge in [-0.2, -0.15) is 17.9 Å². The second-order valence-electron chi connectivity index (χ2n) is 7.80. The van der Waals surface area contributed by atoms with E-state index in [1.807, 2.05) is 23.3 Å². The number of nitrogens with one attached hydrogen (secondary N) is 1. The predicted octanol–water partition coefficient (Wildman–Crippen LogP) is 2.48. The Morgan fingerprint density at radius 1 is 1.26 bits per heavy atom. The summed E-state index contributed by atoms with van der Waals surface area (Å²) in [5, 5.41) is 14.0. The van der Waals surface area contributed by atoms with Gasteiger partial charge in [0.05, 0.1) is 12.8 Å². The number of nitrogens with zero attached hydrogens (tertiary/aromatic N) is 5. The summed E-state index contributed by atoms with van der Waals surface area (Å²) in [6.45, 7) is 0.776. The van der Waals surface area contributed by atoms with Crippen LogP contribution in [-0.4, -0.2) is 64.7 Å². The molecule has 10 nitrogen and oxygen atoms in total. The molecule has 0 saturated heterocycles. The average Bonchev–Trinajstić information content (AvgIpc) is 3.47. The number of carbonyl (C=O) groups excluding carboxylic acids is 1. The van der Waals surface area contributed by atoms with Crippen LogP contribution in [0.3, 0.4) is 0 Å². The highest BCUT2D eigenvalue weighted by Crippen LogP contribution is 2.50. The fraction of sp³-hybridized carbons (Fsp3) is 0.333. The van der Waals surface area contributed by atoms with Crippen LogP contribution in [0.2, 0.25) is 0 Å². The van der Waals surface area contributed by atoms with Gasteiger partial charge in [-0.1, -0.05) is 6.07 Å². The minimum atomic E-state index is -5.01. The van der Waals surface area contributed by atoms with Crippen LogP contribution in [0.4, 0.5) is 18.9 Å². The van der Waals surface area contributed by atoms with Crippen LogP contribution in [0.15, 0.2) is 30.3 Å². The van der Waals surface area contributed by atoms with Crippen LogP contribution in [0.1, 0.15) is 23.0 Å². The van der Waals surface area contributed by atoms with Gasteiger partial charge < -0.3 is 19.5 Å². The summed E-state index contributed by atoms with van der Waals surface area (Å²) in [5.74, 6) is -0.0328. The summed E-state index contributed by atoms with van der Waals surface area (Å²) in [5.41, 5.74) is 2.14. The Kier molecular flexibility index (Phi) is 5.27. The normalized spacial score (nSPS) is 17.4.